The normalized spacial score (nSPS) is 11.0. The summed E-state index contributed by atoms with van der Waals surface area (Å²) < 4.78 is 5.68. The molecule has 0 bridgehead atoms. The lowest BCUT2D eigenvalue weighted by molar-refractivity contribution is -0.903. The largest absolute Gasteiger partial charge is 0.445 e. The van der Waals surface area contributed by atoms with E-state index in [1.165, 1.54) is 102 Å². The number of quaternary nitrogens is 1. The maximum Gasteiger partial charge on any atom is 0.404 e. The Morgan fingerprint density at radius 2 is 1.05 bits per heavy atom. The monoisotopic (exact) mass is 511 g/mol. The second-order valence-corrected chi connectivity index (χ2v) is 11.0. The molecule has 0 aromatic heterocycles. The van der Waals surface area contributed by atoms with Crippen LogP contribution >= 0.6 is 0 Å². The van der Waals surface area contributed by atoms with Crippen molar-refractivity contribution in [3.8, 4) is 0 Å². The molecule has 2 aromatic rings. The molecule has 2 rings (SSSR count). The van der Waals surface area contributed by atoms with Crippen molar-refractivity contribution >= 4 is 6.09 Å². The van der Waals surface area contributed by atoms with E-state index in [0.29, 0.717) is 0 Å². The smallest absolute Gasteiger partial charge is 0.404 e. The zero-order chi connectivity index (χ0) is 27.0. The molecule has 208 valence electrons. The lowest BCUT2D eigenvalue weighted by atomic mass is 10.0. The molecule has 0 aliphatic heterocycles. The van der Waals surface area contributed by atoms with Crippen LogP contribution < -0.4 is 5.73 Å². The average molecular weight is 512 g/mol. The van der Waals surface area contributed by atoms with Gasteiger partial charge in [-0.25, -0.2) is 4.79 Å². The molecule has 0 heterocycles. The van der Waals surface area contributed by atoms with Crippen molar-refractivity contribution in [1.29, 1.82) is 0 Å². The van der Waals surface area contributed by atoms with Gasteiger partial charge in [-0.15, -0.1) is 0 Å². The van der Waals surface area contributed by atoms with Crippen LogP contribution in [-0.4, -0.2) is 31.2 Å². The van der Waals surface area contributed by atoms with E-state index in [1.807, 2.05) is 30.3 Å². The fourth-order valence-corrected chi connectivity index (χ4v) is 4.62. The fraction of sp³-hybridized carbons (Fsp3) is 0.606. The van der Waals surface area contributed by atoms with Gasteiger partial charge in [0.25, 0.3) is 0 Å². The Bertz CT molecular complexity index is 777. The number of amides is 1. The third-order valence-corrected chi connectivity index (χ3v) is 6.79. The third-order valence-electron chi connectivity index (χ3n) is 6.79. The number of nitrogens with two attached hydrogens (primary N) is 1. The van der Waals surface area contributed by atoms with Crippen molar-refractivity contribution in [2.45, 2.75) is 110 Å². The van der Waals surface area contributed by atoms with E-state index in [9.17, 15) is 4.79 Å². The Balaban J connectivity index is 0.000000516. The second-order valence-electron chi connectivity index (χ2n) is 11.0. The minimum absolute atomic E-state index is 0.246. The third kappa shape index (κ3) is 20.4. The Labute approximate surface area is 228 Å². The van der Waals surface area contributed by atoms with E-state index in [2.05, 4.69) is 56.1 Å². The zero-order valence-electron chi connectivity index (χ0n) is 24.1. The molecule has 0 radical (unpaired) electrons. The molecule has 37 heavy (non-hydrogen) atoms. The maximum absolute atomic E-state index is 10.2. The Hall–Kier alpha value is -2.33. The van der Waals surface area contributed by atoms with Crippen LogP contribution in [0.1, 0.15) is 108 Å². The zero-order valence-corrected chi connectivity index (χ0v) is 24.1. The summed E-state index contributed by atoms with van der Waals surface area (Å²) in [7, 11) is 4.74. The van der Waals surface area contributed by atoms with Crippen molar-refractivity contribution in [2.24, 2.45) is 5.73 Å². The molecule has 2 aromatic carbocycles. The minimum Gasteiger partial charge on any atom is -0.445 e. The molecule has 4 heteroatoms. The van der Waals surface area contributed by atoms with E-state index in [1.54, 1.807) is 0 Å². The van der Waals surface area contributed by atoms with E-state index in [4.69, 9.17) is 5.73 Å². The van der Waals surface area contributed by atoms with E-state index >= 15 is 0 Å². The maximum atomic E-state index is 10.2. The van der Waals surface area contributed by atoms with Crippen LogP contribution in [-0.2, 0) is 17.9 Å². The lowest BCUT2D eigenvalue weighted by Crippen LogP contribution is -2.39. The summed E-state index contributed by atoms with van der Waals surface area (Å²) in [4.78, 5) is 10.2. The second kappa shape index (κ2) is 21.7. The van der Waals surface area contributed by atoms with Crippen molar-refractivity contribution < 1.29 is 14.0 Å². The van der Waals surface area contributed by atoms with Gasteiger partial charge in [0, 0.05) is 5.56 Å². The van der Waals surface area contributed by atoms with Crippen molar-refractivity contribution in [3.05, 3.63) is 71.8 Å². The number of nitrogens with zero attached hydrogens (tertiary/aromatic N) is 1. The summed E-state index contributed by atoms with van der Waals surface area (Å²) in [5, 5.41) is 0. The summed E-state index contributed by atoms with van der Waals surface area (Å²) in [5.74, 6) is 0. The number of rotatable bonds is 19. The highest BCUT2D eigenvalue weighted by Gasteiger charge is 2.14. The fourth-order valence-electron chi connectivity index (χ4n) is 4.62. The highest BCUT2D eigenvalue weighted by molar-refractivity contribution is 5.64. The standard InChI is InChI=1S/C25H46N.C8H9NO2/c1-4-5-6-7-8-9-10-11-12-13-14-15-16-20-23-26(2,3)24-25-21-18-17-19-22-25;9-8(10)11-6-7-4-2-1-3-5-7/h17-19,21-22H,4-16,20,23-24H2,1-3H3;1-5H,6H2,(H2,9,10)/q+1;. The molecule has 0 atom stereocenters. The van der Waals surface area contributed by atoms with Gasteiger partial charge >= 0.3 is 6.09 Å². The number of carbonyl (C=O) groups is 1. The predicted octanol–water partition coefficient (Wildman–Crippen LogP) is 9.03. The van der Waals surface area contributed by atoms with E-state index in [0.717, 1.165) is 16.6 Å². The molecule has 0 aliphatic rings. The summed E-state index contributed by atoms with van der Waals surface area (Å²) in [6, 6.07) is 20.3. The van der Waals surface area contributed by atoms with Crippen LogP contribution in [0.15, 0.2) is 60.7 Å². The minimum atomic E-state index is -0.742. The number of unbranched alkanes of at least 4 members (excludes halogenated alkanes) is 13. The first-order chi connectivity index (χ1) is 17.9. The topological polar surface area (TPSA) is 52.3 Å². The van der Waals surface area contributed by atoms with Gasteiger partial charge in [-0.2, -0.15) is 0 Å². The number of hydrogen-bond acceptors (Lipinski definition) is 2. The number of primary amides is 1. The van der Waals surface area contributed by atoms with Crippen LogP contribution in [0.3, 0.4) is 0 Å². The molecule has 0 fully saturated rings. The van der Waals surface area contributed by atoms with Gasteiger partial charge in [0.15, 0.2) is 0 Å². The molecule has 1 amide bonds. The highest BCUT2D eigenvalue weighted by atomic mass is 16.5. The van der Waals surface area contributed by atoms with Gasteiger partial charge in [0.1, 0.15) is 13.2 Å². The molecule has 0 unspecified atom stereocenters. The highest BCUT2D eigenvalue weighted by Crippen LogP contribution is 2.15. The van der Waals surface area contributed by atoms with Gasteiger partial charge in [0.2, 0.25) is 0 Å². The number of benzene rings is 2. The van der Waals surface area contributed by atoms with Gasteiger partial charge < -0.3 is 15.0 Å². The van der Waals surface area contributed by atoms with Gasteiger partial charge in [-0.3, -0.25) is 0 Å². The number of carbonyl (C=O) groups excluding carboxylic acids is 1. The lowest BCUT2D eigenvalue weighted by Gasteiger charge is -2.30. The van der Waals surface area contributed by atoms with Gasteiger partial charge in [-0.1, -0.05) is 145 Å². The first kappa shape index (κ1) is 32.7. The number of hydrogen-bond donors (Lipinski definition) is 1. The first-order valence-electron chi connectivity index (χ1n) is 14.7. The molecular weight excluding hydrogens is 456 g/mol. The van der Waals surface area contributed by atoms with Crippen LogP contribution in [0.4, 0.5) is 4.79 Å². The van der Waals surface area contributed by atoms with E-state index in [-0.39, 0.29) is 6.61 Å². The van der Waals surface area contributed by atoms with Crippen LogP contribution in [0, 0.1) is 0 Å². The summed E-state index contributed by atoms with van der Waals surface area (Å²) in [5.41, 5.74) is 7.18. The van der Waals surface area contributed by atoms with Crippen molar-refractivity contribution in [2.75, 3.05) is 20.6 Å². The Morgan fingerprint density at radius 3 is 1.49 bits per heavy atom. The summed E-state index contributed by atoms with van der Waals surface area (Å²) in [6.45, 7) is 4.99. The van der Waals surface area contributed by atoms with E-state index < -0.39 is 6.09 Å². The molecule has 0 aliphatic carbocycles. The predicted molar refractivity (Wildman–Crippen MR) is 158 cm³/mol. The van der Waals surface area contributed by atoms with Crippen molar-refractivity contribution in [3.63, 3.8) is 0 Å². The van der Waals surface area contributed by atoms with Crippen molar-refractivity contribution in [1.82, 2.24) is 0 Å². The van der Waals surface area contributed by atoms with Gasteiger partial charge in [-0.05, 0) is 18.4 Å². The molecule has 0 spiro atoms. The van der Waals surface area contributed by atoms with Crippen LogP contribution in [0.25, 0.3) is 0 Å². The molecule has 4 nitrogen and oxygen atoms in total. The quantitative estimate of drug-likeness (QED) is 0.151. The first-order valence-corrected chi connectivity index (χ1v) is 14.7. The summed E-state index contributed by atoms with van der Waals surface area (Å²) >= 11 is 0. The summed E-state index contributed by atoms with van der Waals surface area (Å²) in [6.07, 6.45) is 19.4. The molecular formula is C33H55N2O2+. The number of ether oxygens (including phenoxy) is 1. The SMILES string of the molecule is CCCCCCCCCCCCCCCC[N+](C)(C)Cc1ccccc1.NC(=O)OCc1ccccc1. The van der Waals surface area contributed by atoms with Crippen LogP contribution in [0.5, 0.6) is 0 Å². The molecule has 0 saturated heterocycles. The average Bonchev–Trinajstić information content (AvgIpc) is 2.89. The Kier molecular flexibility index (Phi) is 19.2. The van der Waals surface area contributed by atoms with Gasteiger partial charge in [0.05, 0.1) is 20.6 Å². The molecule has 0 saturated carbocycles. The van der Waals surface area contributed by atoms with Crippen LogP contribution in [0.2, 0.25) is 0 Å². The molecule has 2 N–H and O–H groups in total. The Morgan fingerprint density at radius 1 is 0.649 bits per heavy atom.